The SMILES string of the molecule is CO[C@@H]1CO[C@H]2[C@@H]1OC[C@H]2Oc1ccc(-c2ncc(NC(=O)c3ccc(-c4ccccc4)s3)c(=O)n2CC(=O)NCc2cc3cnccc3[nH]2)cc1. The van der Waals surface area contributed by atoms with Crippen molar-refractivity contribution in [2.45, 2.75) is 37.5 Å². The highest BCUT2D eigenvalue weighted by atomic mass is 32.1. The summed E-state index contributed by atoms with van der Waals surface area (Å²) in [5.41, 5.74) is 2.60. The second-order valence-electron chi connectivity index (χ2n) is 12.5. The standard InChI is InChI=1S/C38H34N6O7S/c1-48-29-20-49-35-30(21-50-34(29)35)51-26-9-7-23(8-10-26)36-41-18-28(43-37(46)32-12-11-31(52-32)22-5-3-2-4-6-22)38(47)44(36)19-33(45)40-17-25-15-24-16-39-14-13-27(24)42-25/h2-16,18,29-30,34-35,42H,17,19-21H2,1H3,(H,40,45)(H,43,46)/t29-,30-,34-,35-/m1/s1. The van der Waals surface area contributed by atoms with Gasteiger partial charge in [-0.05, 0) is 54.1 Å². The Kier molecular flexibility index (Phi) is 9.35. The summed E-state index contributed by atoms with van der Waals surface area (Å²) in [6.07, 6.45) is 3.88. The molecule has 2 aromatic carbocycles. The lowest BCUT2D eigenvalue weighted by atomic mass is 10.1. The van der Waals surface area contributed by atoms with Crippen molar-refractivity contribution in [1.29, 1.82) is 0 Å². The maximum Gasteiger partial charge on any atom is 0.278 e. The summed E-state index contributed by atoms with van der Waals surface area (Å²) in [6, 6.07) is 24.1. The van der Waals surface area contributed by atoms with E-state index in [9.17, 15) is 14.4 Å². The lowest BCUT2D eigenvalue weighted by Crippen LogP contribution is -2.35. The van der Waals surface area contributed by atoms with E-state index in [4.69, 9.17) is 18.9 Å². The van der Waals surface area contributed by atoms with Crippen LogP contribution in [0.2, 0.25) is 0 Å². The Bertz CT molecular complexity index is 2250. The van der Waals surface area contributed by atoms with Gasteiger partial charge in [0.2, 0.25) is 5.91 Å². The molecule has 3 N–H and O–H groups in total. The number of carbonyl (C=O) groups is 2. The number of aromatic nitrogens is 4. The number of nitrogens with zero attached hydrogens (tertiary/aromatic N) is 3. The number of H-pyrrole nitrogens is 1. The molecular weight excluding hydrogens is 685 g/mol. The maximum absolute atomic E-state index is 14.0. The molecule has 0 unspecified atom stereocenters. The highest BCUT2D eigenvalue weighted by Gasteiger charge is 2.49. The molecule has 14 heteroatoms. The van der Waals surface area contributed by atoms with Crippen molar-refractivity contribution < 1.29 is 28.5 Å². The fourth-order valence-corrected chi connectivity index (χ4v) is 7.37. The van der Waals surface area contributed by atoms with E-state index >= 15 is 0 Å². The molecule has 0 aliphatic carbocycles. The predicted molar refractivity (Wildman–Crippen MR) is 194 cm³/mol. The van der Waals surface area contributed by atoms with Crippen LogP contribution >= 0.6 is 11.3 Å². The van der Waals surface area contributed by atoms with Crippen molar-refractivity contribution in [3.05, 3.63) is 118 Å². The molecular formula is C38H34N6O7S. The third-order valence-electron chi connectivity index (χ3n) is 9.10. The van der Waals surface area contributed by atoms with Crippen LogP contribution < -0.4 is 20.9 Å². The van der Waals surface area contributed by atoms with E-state index in [0.717, 1.165) is 27.0 Å². The summed E-state index contributed by atoms with van der Waals surface area (Å²) in [4.78, 5) is 54.0. The largest absolute Gasteiger partial charge is 0.485 e. The number of benzene rings is 2. The van der Waals surface area contributed by atoms with Gasteiger partial charge in [0.25, 0.3) is 11.5 Å². The molecule has 4 atom stereocenters. The zero-order valence-electron chi connectivity index (χ0n) is 28.0. The normalized spacial score (nSPS) is 19.4. The first kappa shape index (κ1) is 33.5. The van der Waals surface area contributed by atoms with Crippen molar-refractivity contribution in [1.82, 2.24) is 24.8 Å². The van der Waals surface area contributed by atoms with Crippen molar-refractivity contribution in [3.63, 3.8) is 0 Å². The second-order valence-corrected chi connectivity index (χ2v) is 13.5. The molecule has 52 heavy (non-hydrogen) atoms. The Morgan fingerprint density at radius 3 is 2.54 bits per heavy atom. The molecule has 2 fully saturated rings. The number of nitrogens with one attached hydrogen (secondary N) is 3. The molecule has 0 saturated carbocycles. The van der Waals surface area contributed by atoms with Crippen LogP contribution in [0.5, 0.6) is 5.75 Å². The molecule has 2 saturated heterocycles. The van der Waals surface area contributed by atoms with Gasteiger partial charge in [0.15, 0.2) is 6.10 Å². The van der Waals surface area contributed by atoms with E-state index in [1.807, 2.05) is 48.5 Å². The van der Waals surface area contributed by atoms with E-state index in [1.54, 1.807) is 49.8 Å². The van der Waals surface area contributed by atoms with E-state index < -0.39 is 17.4 Å². The highest BCUT2D eigenvalue weighted by Crippen LogP contribution is 2.32. The molecule has 264 valence electrons. The third kappa shape index (κ3) is 6.84. The minimum Gasteiger partial charge on any atom is -0.485 e. The zero-order chi connectivity index (χ0) is 35.6. The number of ether oxygens (including phenoxy) is 4. The number of methoxy groups -OCH3 is 1. The number of hydrogen-bond acceptors (Lipinski definition) is 10. The Hall–Kier alpha value is -5.67. The van der Waals surface area contributed by atoms with Crippen molar-refractivity contribution in [2.24, 2.45) is 0 Å². The van der Waals surface area contributed by atoms with Crippen LogP contribution in [-0.2, 0) is 32.1 Å². The molecule has 0 bridgehead atoms. The van der Waals surface area contributed by atoms with Gasteiger partial charge in [-0.3, -0.25) is 23.9 Å². The van der Waals surface area contributed by atoms with Gasteiger partial charge in [0.05, 0.1) is 30.8 Å². The topological polar surface area (TPSA) is 159 Å². The van der Waals surface area contributed by atoms with E-state index in [1.165, 1.54) is 22.1 Å². The Morgan fingerprint density at radius 1 is 0.962 bits per heavy atom. The lowest BCUT2D eigenvalue weighted by molar-refractivity contribution is -0.121. The smallest absolute Gasteiger partial charge is 0.278 e. The number of carbonyl (C=O) groups excluding carboxylic acids is 2. The number of pyridine rings is 1. The summed E-state index contributed by atoms with van der Waals surface area (Å²) < 4.78 is 24.7. The van der Waals surface area contributed by atoms with Crippen LogP contribution in [0, 0.1) is 0 Å². The van der Waals surface area contributed by atoms with Crippen LogP contribution in [0.4, 0.5) is 5.69 Å². The number of aromatic amines is 1. The summed E-state index contributed by atoms with van der Waals surface area (Å²) >= 11 is 1.31. The summed E-state index contributed by atoms with van der Waals surface area (Å²) in [6.45, 7) is 0.674. The molecule has 2 aliphatic rings. The minimum atomic E-state index is -0.578. The Labute approximate surface area is 301 Å². The Morgan fingerprint density at radius 2 is 1.75 bits per heavy atom. The maximum atomic E-state index is 14.0. The summed E-state index contributed by atoms with van der Waals surface area (Å²) in [7, 11) is 1.64. The monoisotopic (exact) mass is 718 g/mol. The van der Waals surface area contributed by atoms with Crippen LogP contribution in [0.1, 0.15) is 15.4 Å². The van der Waals surface area contributed by atoms with E-state index in [2.05, 4.69) is 25.6 Å². The number of fused-ring (bicyclic) bond motifs is 2. The molecule has 0 radical (unpaired) electrons. The van der Waals surface area contributed by atoms with Crippen molar-refractivity contribution >= 4 is 39.7 Å². The van der Waals surface area contributed by atoms with Gasteiger partial charge >= 0.3 is 0 Å². The zero-order valence-corrected chi connectivity index (χ0v) is 28.8. The van der Waals surface area contributed by atoms with Gasteiger partial charge in [0.1, 0.15) is 42.1 Å². The van der Waals surface area contributed by atoms with Gasteiger partial charge < -0.3 is 34.6 Å². The van der Waals surface area contributed by atoms with E-state index in [0.29, 0.717) is 29.4 Å². The van der Waals surface area contributed by atoms with Gasteiger partial charge in [0, 0.05) is 46.5 Å². The molecule has 2 amide bonds. The van der Waals surface area contributed by atoms with Crippen molar-refractivity contribution in [3.8, 4) is 27.6 Å². The average molecular weight is 719 g/mol. The first-order valence-corrected chi connectivity index (χ1v) is 17.5. The van der Waals surface area contributed by atoms with Crippen LogP contribution in [0.25, 0.3) is 32.7 Å². The van der Waals surface area contributed by atoms with Crippen LogP contribution in [-0.4, -0.2) is 76.1 Å². The highest BCUT2D eigenvalue weighted by molar-refractivity contribution is 7.17. The molecule has 13 nitrogen and oxygen atoms in total. The van der Waals surface area contributed by atoms with Crippen LogP contribution in [0.15, 0.2) is 102 Å². The van der Waals surface area contributed by atoms with Gasteiger partial charge in [-0.2, -0.15) is 0 Å². The number of rotatable bonds is 11. The summed E-state index contributed by atoms with van der Waals surface area (Å²) in [5, 5.41) is 6.51. The Balaban J connectivity index is 1.03. The quantitative estimate of drug-likeness (QED) is 0.174. The van der Waals surface area contributed by atoms with Crippen LogP contribution in [0.3, 0.4) is 0 Å². The first-order valence-electron chi connectivity index (χ1n) is 16.7. The molecule has 6 aromatic rings. The molecule has 2 aliphatic heterocycles. The predicted octanol–water partition coefficient (Wildman–Crippen LogP) is 4.64. The van der Waals surface area contributed by atoms with Crippen molar-refractivity contribution in [2.75, 3.05) is 25.6 Å². The number of anilines is 1. The fourth-order valence-electron chi connectivity index (χ4n) is 6.47. The van der Waals surface area contributed by atoms with Gasteiger partial charge in [-0.25, -0.2) is 4.98 Å². The molecule has 8 rings (SSSR count). The average Bonchev–Trinajstić information content (AvgIpc) is 3.98. The first-order chi connectivity index (χ1) is 25.4. The lowest BCUT2D eigenvalue weighted by Gasteiger charge is -2.18. The fraction of sp³-hybridized carbons (Fsp3) is 0.237. The second kappa shape index (κ2) is 14.5. The summed E-state index contributed by atoms with van der Waals surface area (Å²) in [5.74, 6) is -0.0452. The third-order valence-corrected chi connectivity index (χ3v) is 10.2. The van der Waals surface area contributed by atoms with Gasteiger partial charge in [-0.1, -0.05) is 30.3 Å². The van der Waals surface area contributed by atoms with Gasteiger partial charge in [-0.15, -0.1) is 11.3 Å². The molecule has 0 spiro atoms. The number of amides is 2. The number of thiophene rings is 1. The minimum absolute atomic E-state index is 0.0546. The van der Waals surface area contributed by atoms with E-state index in [-0.39, 0.29) is 49.0 Å². The molecule has 6 heterocycles. The number of hydrogen-bond donors (Lipinski definition) is 3. The molecule has 4 aromatic heterocycles.